The molecule has 0 saturated carbocycles. The number of nitrogens with one attached hydrogen (secondary N) is 4. The number of carbonyl (C=O) groups excluding carboxylic acids is 4. The van der Waals surface area contributed by atoms with Crippen LogP contribution in [0.15, 0.2) is 0 Å². The minimum Gasteiger partial charge on any atom is -0.345 e. The van der Waals surface area contributed by atoms with E-state index in [-0.39, 0.29) is 24.8 Å². The lowest BCUT2D eigenvalue weighted by Gasteiger charge is -2.15. The van der Waals surface area contributed by atoms with Crippen molar-refractivity contribution in [2.24, 2.45) is 0 Å². The van der Waals surface area contributed by atoms with Gasteiger partial charge in [0.05, 0.1) is 19.1 Å². The Balaban J connectivity index is 4.06. The zero-order valence-electron chi connectivity index (χ0n) is 12.2. The summed E-state index contributed by atoms with van der Waals surface area (Å²) >= 11 is 0. The molecule has 2 atom stereocenters. The molecule has 0 bridgehead atoms. The Morgan fingerprint density at radius 3 is 1.90 bits per heavy atom. The number of Topliss-reactive ketones (excluding diaryl/α,β-unsaturated/α-hetero) is 1. The van der Waals surface area contributed by atoms with Crippen molar-refractivity contribution in [3.05, 3.63) is 0 Å². The number of hydrogen-bond donors (Lipinski definition) is 4. The summed E-state index contributed by atoms with van der Waals surface area (Å²) in [5.74, 6) is -1.42. The summed E-state index contributed by atoms with van der Waals surface area (Å²) in [5, 5.41) is 9.93. The summed E-state index contributed by atoms with van der Waals surface area (Å²) in [6.45, 7) is 4.29. The first-order valence-electron chi connectivity index (χ1n) is 6.29. The Hall–Kier alpha value is -1.96. The molecule has 3 amide bonds. The van der Waals surface area contributed by atoms with Crippen LogP contribution in [-0.2, 0) is 19.2 Å². The fourth-order valence-corrected chi connectivity index (χ4v) is 1.23. The molecule has 0 fully saturated rings. The van der Waals surface area contributed by atoms with E-state index in [1.165, 1.54) is 13.8 Å². The van der Waals surface area contributed by atoms with Gasteiger partial charge in [-0.2, -0.15) is 0 Å². The molecule has 0 rings (SSSR count). The van der Waals surface area contributed by atoms with Crippen molar-refractivity contribution in [1.29, 1.82) is 0 Å². The van der Waals surface area contributed by atoms with Gasteiger partial charge in [-0.3, -0.25) is 19.2 Å². The molecular formula is C12H22N4O4. The summed E-state index contributed by atoms with van der Waals surface area (Å²) in [4.78, 5) is 45.2. The Bertz CT molecular complexity index is 384. The molecule has 0 aromatic rings. The van der Waals surface area contributed by atoms with Crippen molar-refractivity contribution in [2.75, 3.05) is 20.1 Å². The minimum atomic E-state index is -0.742. The molecule has 8 heteroatoms. The average molecular weight is 286 g/mol. The molecule has 20 heavy (non-hydrogen) atoms. The summed E-state index contributed by atoms with van der Waals surface area (Å²) in [6, 6.07) is -1.33. The number of likely N-dealkylation sites (N-methyl/N-ethyl adjacent to an activating group) is 1. The van der Waals surface area contributed by atoms with Crippen molar-refractivity contribution in [2.45, 2.75) is 32.9 Å². The topological polar surface area (TPSA) is 116 Å². The van der Waals surface area contributed by atoms with E-state index in [0.717, 1.165) is 0 Å². The monoisotopic (exact) mass is 286 g/mol. The second-order valence-electron chi connectivity index (χ2n) is 4.44. The third-order valence-corrected chi connectivity index (χ3v) is 2.52. The molecule has 0 heterocycles. The summed E-state index contributed by atoms with van der Waals surface area (Å²) in [6.07, 6.45) is 0. The number of hydrogen-bond acceptors (Lipinski definition) is 5. The van der Waals surface area contributed by atoms with Gasteiger partial charge in [-0.15, -0.1) is 0 Å². The molecule has 114 valence electrons. The maximum absolute atomic E-state index is 11.6. The molecule has 0 aromatic heterocycles. The van der Waals surface area contributed by atoms with E-state index in [9.17, 15) is 19.2 Å². The van der Waals surface area contributed by atoms with Gasteiger partial charge in [0.25, 0.3) is 0 Å². The standard InChI is InChI=1S/C12H22N4O4/c1-7(9(3)17)15-11(19)6-14-12(20)8(2)16-10(18)5-13-4/h7-8,13H,5-6H2,1-4H3,(H,14,20)(H,15,19)(H,16,18)/t7-,8-/m0/s1. The van der Waals surface area contributed by atoms with E-state index in [2.05, 4.69) is 21.3 Å². The van der Waals surface area contributed by atoms with E-state index < -0.39 is 23.9 Å². The van der Waals surface area contributed by atoms with E-state index >= 15 is 0 Å². The van der Waals surface area contributed by atoms with Crippen molar-refractivity contribution < 1.29 is 19.2 Å². The number of carbonyl (C=O) groups is 4. The number of rotatable bonds is 8. The lowest BCUT2D eigenvalue weighted by molar-refractivity contribution is -0.130. The summed E-state index contributed by atoms with van der Waals surface area (Å²) in [5.41, 5.74) is 0. The SMILES string of the molecule is CNCC(=O)N[C@@H](C)C(=O)NCC(=O)N[C@@H](C)C(C)=O. The fraction of sp³-hybridized carbons (Fsp3) is 0.667. The lowest BCUT2D eigenvalue weighted by Crippen LogP contribution is -2.50. The van der Waals surface area contributed by atoms with Crippen molar-refractivity contribution >= 4 is 23.5 Å². The molecule has 0 aromatic carbocycles. The van der Waals surface area contributed by atoms with E-state index in [0.29, 0.717) is 0 Å². The van der Waals surface area contributed by atoms with Gasteiger partial charge in [-0.25, -0.2) is 0 Å². The maximum atomic E-state index is 11.6. The van der Waals surface area contributed by atoms with Crippen LogP contribution in [0.1, 0.15) is 20.8 Å². The molecule has 4 N–H and O–H groups in total. The zero-order chi connectivity index (χ0) is 15.7. The van der Waals surface area contributed by atoms with Gasteiger partial charge in [0, 0.05) is 0 Å². The van der Waals surface area contributed by atoms with Gasteiger partial charge >= 0.3 is 0 Å². The molecule has 8 nitrogen and oxygen atoms in total. The molecule has 0 aliphatic carbocycles. The summed E-state index contributed by atoms with van der Waals surface area (Å²) < 4.78 is 0. The predicted molar refractivity (Wildman–Crippen MR) is 72.8 cm³/mol. The van der Waals surface area contributed by atoms with Gasteiger partial charge in [0.15, 0.2) is 5.78 Å². The highest BCUT2D eigenvalue weighted by Gasteiger charge is 2.17. The molecule has 0 saturated heterocycles. The van der Waals surface area contributed by atoms with Gasteiger partial charge in [-0.1, -0.05) is 0 Å². The van der Waals surface area contributed by atoms with E-state index in [4.69, 9.17) is 0 Å². The van der Waals surface area contributed by atoms with Gasteiger partial charge in [0.2, 0.25) is 17.7 Å². The molecule has 0 aliphatic heterocycles. The quantitative estimate of drug-likeness (QED) is 0.409. The highest BCUT2D eigenvalue weighted by molar-refractivity contribution is 5.92. The van der Waals surface area contributed by atoms with Crippen LogP contribution in [0, 0.1) is 0 Å². The Morgan fingerprint density at radius 2 is 1.40 bits per heavy atom. The minimum absolute atomic E-state index is 0.105. The predicted octanol–water partition coefficient (Wildman–Crippen LogP) is -2.08. The van der Waals surface area contributed by atoms with Crippen LogP contribution in [0.25, 0.3) is 0 Å². The van der Waals surface area contributed by atoms with Gasteiger partial charge < -0.3 is 21.3 Å². The normalized spacial score (nSPS) is 13.0. The number of amides is 3. The smallest absolute Gasteiger partial charge is 0.242 e. The highest BCUT2D eigenvalue weighted by Crippen LogP contribution is 1.85. The first-order valence-corrected chi connectivity index (χ1v) is 6.29. The lowest BCUT2D eigenvalue weighted by atomic mass is 10.2. The molecular weight excluding hydrogens is 264 g/mol. The zero-order valence-corrected chi connectivity index (χ0v) is 12.2. The highest BCUT2D eigenvalue weighted by atomic mass is 16.2. The molecule has 0 radical (unpaired) electrons. The van der Waals surface area contributed by atoms with Crippen LogP contribution in [0.4, 0.5) is 0 Å². The Kier molecular flexibility index (Phi) is 8.14. The van der Waals surface area contributed by atoms with Crippen molar-refractivity contribution in [3.8, 4) is 0 Å². The number of ketones is 1. The maximum Gasteiger partial charge on any atom is 0.242 e. The first-order chi connectivity index (χ1) is 9.27. The van der Waals surface area contributed by atoms with Crippen LogP contribution in [0.2, 0.25) is 0 Å². The van der Waals surface area contributed by atoms with E-state index in [1.807, 2.05) is 0 Å². The van der Waals surface area contributed by atoms with Crippen LogP contribution < -0.4 is 21.3 Å². The molecule has 0 unspecified atom stereocenters. The summed E-state index contributed by atoms with van der Waals surface area (Å²) in [7, 11) is 1.62. The first kappa shape index (κ1) is 18.0. The van der Waals surface area contributed by atoms with Gasteiger partial charge in [0.1, 0.15) is 6.04 Å². The van der Waals surface area contributed by atoms with Crippen LogP contribution in [0.3, 0.4) is 0 Å². The van der Waals surface area contributed by atoms with E-state index in [1.54, 1.807) is 14.0 Å². The second kappa shape index (κ2) is 9.03. The third-order valence-electron chi connectivity index (χ3n) is 2.52. The third kappa shape index (κ3) is 7.47. The Morgan fingerprint density at radius 1 is 0.900 bits per heavy atom. The van der Waals surface area contributed by atoms with Gasteiger partial charge in [-0.05, 0) is 27.8 Å². The van der Waals surface area contributed by atoms with Crippen LogP contribution in [0.5, 0.6) is 0 Å². The molecule has 0 aliphatic rings. The van der Waals surface area contributed by atoms with Crippen LogP contribution >= 0.6 is 0 Å². The van der Waals surface area contributed by atoms with Crippen molar-refractivity contribution in [1.82, 2.24) is 21.3 Å². The second-order valence-corrected chi connectivity index (χ2v) is 4.44. The Labute approximate surface area is 118 Å². The van der Waals surface area contributed by atoms with Crippen LogP contribution in [-0.4, -0.2) is 55.7 Å². The van der Waals surface area contributed by atoms with Crippen molar-refractivity contribution in [3.63, 3.8) is 0 Å². The fourth-order valence-electron chi connectivity index (χ4n) is 1.23. The average Bonchev–Trinajstić information content (AvgIpc) is 2.35. The largest absolute Gasteiger partial charge is 0.345 e. The molecule has 0 spiro atoms.